The zero-order valence-electron chi connectivity index (χ0n) is 13.8. The smallest absolute Gasteiger partial charge is 0.251 e. The number of fused-ring (bicyclic) bond motifs is 3. The third-order valence-electron chi connectivity index (χ3n) is 4.78. The number of amides is 1. The fourth-order valence-electron chi connectivity index (χ4n) is 3.52. The summed E-state index contributed by atoms with van der Waals surface area (Å²) in [6.07, 6.45) is 1.03. The molecule has 120 valence electrons. The second-order valence-electron chi connectivity index (χ2n) is 7.08. The SMILES string of the molecule is CC(C)CCOc1ccc2c(c1)C(=O)NC[C@H]1CN(C)CC21. The van der Waals surface area contributed by atoms with Gasteiger partial charge in [-0.15, -0.1) is 0 Å². The Bertz CT molecular complexity index is 556. The fourth-order valence-corrected chi connectivity index (χ4v) is 3.52. The van der Waals surface area contributed by atoms with Crippen LogP contribution in [-0.2, 0) is 0 Å². The van der Waals surface area contributed by atoms with E-state index in [1.807, 2.05) is 12.1 Å². The van der Waals surface area contributed by atoms with Crippen LogP contribution in [0, 0.1) is 11.8 Å². The van der Waals surface area contributed by atoms with E-state index < -0.39 is 0 Å². The monoisotopic (exact) mass is 302 g/mol. The number of carbonyl (C=O) groups is 1. The molecular weight excluding hydrogens is 276 g/mol. The number of benzene rings is 1. The summed E-state index contributed by atoms with van der Waals surface area (Å²) in [4.78, 5) is 14.7. The molecule has 0 aliphatic carbocycles. The summed E-state index contributed by atoms with van der Waals surface area (Å²) < 4.78 is 5.81. The zero-order valence-corrected chi connectivity index (χ0v) is 13.8. The first-order valence-corrected chi connectivity index (χ1v) is 8.28. The van der Waals surface area contributed by atoms with E-state index >= 15 is 0 Å². The number of likely N-dealkylation sites (tertiary alicyclic amines) is 1. The number of nitrogens with one attached hydrogen (secondary N) is 1. The van der Waals surface area contributed by atoms with Crippen molar-refractivity contribution in [3.63, 3.8) is 0 Å². The normalized spacial score (nSPS) is 24.6. The quantitative estimate of drug-likeness (QED) is 0.929. The summed E-state index contributed by atoms with van der Waals surface area (Å²) in [5, 5.41) is 3.07. The lowest BCUT2D eigenvalue weighted by Gasteiger charge is -2.17. The van der Waals surface area contributed by atoms with Gasteiger partial charge in [-0.05, 0) is 43.0 Å². The van der Waals surface area contributed by atoms with E-state index in [4.69, 9.17) is 4.74 Å². The van der Waals surface area contributed by atoms with E-state index in [9.17, 15) is 4.79 Å². The molecule has 0 radical (unpaired) electrons. The van der Waals surface area contributed by atoms with Crippen LogP contribution in [0.15, 0.2) is 18.2 Å². The maximum absolute atomic E-state index is 12.4. The lowest BCUT2D eigenvalue weighted by molar-refractivity contribution is 0.0951. The van der Waals surface area contributed by atoms with Crippen LogP contribution in [0.4, 0.5) is 0 Å². The molecule has 2 heterocycles. The topological polar surface area (TPSA) is 41.6 Å². The van der Waals surface area contributed by atoms with Gasteiger partial charge in [-0.25, -0.2) is 0 Å². The van der Waals surface area contributed by atoms with Gasteiger partial charge in [-0.2, -0.15) is 0 Å². The zero-order chi connectivity index (χ0) is 15.7. The standard InChI is InChI=1S/C18H26N2O2/c1-12(2)6-7-22-14-4-5-15-16(8-14)18(21)19-9-13-10-20(3)11-17(13)15/h4-5,8,12-13,17H,6-7,9-11H2,1-3H3,(H,19,21)/t13-,17?/m0/s1. The second-order valence-corrected chi connectivity index (χ2v) is 7.08. The van der Waals surface area contributed by atoms with Crippen LogP contribution in [0.2, 0.25) is 0 Å². The molecule has 4 nitrogen and oxygen atoms in total. The summed E-state index contributed by atoms with van der Waals surface area (Å²) in [6, 6.07) is 6.04. The van der Waals surface area contributed by atoms with Crippen molar-refractivity contribution in [2.75, 3.05) is 33.3 Å². The van der Waals surface area contributed by atoms with E-state index in [-0.39, 0.29) is 5.91 Å². The molecule has 4 heteroatoms. The van der Waals surface area contributed by atoms with E-state index in [0.717, 1.165) is 37.4 Å². The van der Waals surface area contributed by atoms with Gasteiger partial charge < -0.3 is 15.0 Å². The highest BCUT2D eigenvalue weighted by Crippen LogP contribution is 2.36. The van der Waals surface area contributed by atoms with Gasteiger partial charge in [-0.3, -0.25) is 4.79 Å². The van der Waals surface area contributed by atoms with Gasteiger partial charge >= 0.3 is 0 Å². The largest absolute Gasteiger partial charge is 0.494 e. The Kier molecular flexibility index (Phi) is 4.39. The number of likely N-dealkylation sites (N-methyl/N-ethyl adjacent to an activating group) is 1. The molecule has 1 saturated heterocycles. The van der Waals surface area contributed by atoms with Crippen LogP contribution in [0.3, 0.4) is 0 Å². The third-order valence-corrected chi connectivity index (χ3v) is 4.78. The highest BCUT2D eigenvalue weighted by Gasteiger charge is 2.36. The van der Waals surface area contributed by atoms with Crippen LogP contribution < -0.4 is 10.1 Å². The molecule has 2 atom stereocenters. The minimum atomic E-state index is 0.0429. The van der Waals surface area contributed by atoms with Crippen molar-refractivity contribution < 1.29 is 9.53 Å². The average Bonchev–Trinajstić information content (AvgIpc) is 2.79. The minimum absolute atomic E-state index is 0.0429. The molecular formula is C18H26N2O2. The lowest BCUT2D eigenvalue weighted by atomic mass is 9.87. The molecule has 0 saturated carbocycles. The van der Waals surface area contributed by atoms with Gasteiger partial charge in [0.05, 0.1) is 6.61 Å². The van der Waals surface area contributed by atoms with Crippen molar-refractivity contribution in [2.45, 2.75) is 26.2 Å². The van der Waals surface area contributed by atoms with E-state index in [0.29, 0.717) is 24.4 Å². The van der Waals surface area contributed by atoms with Crippen molar-refractivity contribution in [2.24, 2.45) is 11.8 Å². The number of carbonyl (C=O) groups excluding carboxylic acids is 1. The van der Waals surface area contributed by atoms with Crippen molar-refractivity contribution in [1.82, 2.24) is 10.2 Å². The van der Waals surface area contributed by atoms with Crippen molar-refractivity contribution in [3.8, 4) is 5.75 Å². The Morgan fingerprint density at radius 2 is 2.18 bits per heavy atom. The molecule has 1 N–H and O–H groups in total. The van der Waals surface area contributed by atoms with E-state index in [1.165, 1.54) is 5.56 Å². The van der Waals surface area contributed by atoms with Crippen molar-refractivity contribution in [3.05, 3.63) is 29.3 Å². The molecule has 1 amide bonds. The Balaban J connectivity index is 1.82. The van der Waals surface area contributed by atoms with Crippen LogP contribution in [-0.4, -0.2) is 44.1 Å². The highest BCUT2D eigenvalue weighted by molar-refractivity contribution is 5.96. The molecule has 1 unspecified atom stereocenters. The summed E-state index contributed by atoms with van der Waals surface area (Å²) >= 11 is 0. The predicted octanol–water partition coefficient (Wildman–Crippen LogP) is 2.50. The first-order valence-electron chi connectivity index (χ1n) is 8.28. The van der Waals surface area contributed by atoms with Crippen LogP contribution in [0.1, 0.15) is 42.1 Å². The van der Waals surface area contributed by atoms with Gasteiger partial charge in [0.2, 0.25) is 0 Å². The molecule has 3 rings (SSSR count). The number of rotatable bonds is 4. The molecule has 22 heavy (non-hydrogen) atoms. The number of nitrogens with zero attached hydrogens (tertiary/aromatic N) is 1. The predicted molar refractivity (Wildman–Crippen MR) is 87.5 cm³/mol. The summed E-state index contributed by atoms with van der Waals surface area (Å²) in [6.45, 7) is 7.92. The van der Waals surface area contributed by atoms with Gasteiger partial charge in [0.25, 0.3) is 5.91 Å². The summed E-state index contributed by atoms with van der Waals surface area (Å²) in [5.41, 5.74) is 1.98. The van der Waals surface area contributed by atoms with Crippen molar-refractivity contribution >= 4 is 5.91 Å². The number of hydrogen-bond acceptors (Lipinski definition) is 3. The van der Waals surface area contributed by atoms with Gasteiger partial charge in [-0.1, -0.05) is 19.9 Å². The number of hydrogen-bond donors (Lipinski definition) is 1. The van der Waals surface area contributed by atoms with Crippen LogP contribution >= 0.6 is 0 Å². The van der Waals surface area contributed by atoms with Crippen LogP contribution in [0.5, 0.6) is 5.75 Å². The van der Waals surface area contributed by atoms with Crippen molar-refractivity contribution in [1.29, 1.82) is 0 Å². The Hall–Kier alpha value is -1.55. The first kappa shape index (κ1) is 15.3. The van der Waals surface area contributed by atoms with E-state index in [1.54, 1.807) is 0 Å². The minimum Gasteiger partial charge on any atom is -0.494 e. The first-order chi connectivity index (χ1) is 10.5. The maximum Gasteiger partial charge on any atom is 0.251 e. The van der Waals surface area contributed by atoms with Gasteiger partial charge in [0.15, 0.2) is 0 Å². The third kappa shape index (κ3) is 3.12. The second kappa shape index (κ2) is 6.29. The Morgan fingerprint density at radius 1 is 1.36 bits per heavy atom. The summed E-state index contributed by atoms with van der Waals surface area (Å²) in [5.74, 6) is 2.44. The average molecular weight is 302 g/mol. The molecule has 0 aromatic heterocycles. The lowest BCUT2D eigenvalue weighted by Crippen LogP contribution is -2.29. The maximum atomic E-state index is 12.4. The molecule has 0 bridgehead atoms. The Labute approximate surface area is 132 Å². The fraction of sp³-hybridized carbons (Fsp3) is 0.611. The highest BCUT2D eigenvalue weighted by atomic mass is 16.5. The molecule has 2 aliphatic rings. The molecule has 1 aromatic rings. The van der Waals surface area contributed by atoms with Crippen LogP contribution in [0.25, 0.3) is 0 Å². The molecule has 2 aliphatic heterocycles. The van der Waals surface area contributed by atoms with Gasteiger partial charge in [0.1, 0.15) is 5.75 Å². The van der Waals surface area contributed by atoms with Gasteiger partial charge in [0, 0.05) is 31.1 Å². The molecule has 1 fully saturated rings. The number of ether oxygens (including phenoxy) is 1. The Morgan fingerprint density at radius 3 is 2.95 bits per heavy atom. The van der Waals surface area contributed by atoms with E-state index in [2.05, 4.69) is 37.2 Å². The summed E-state index contributed by atoms with van der Waals surface area (Å²) in [7, 11) is 2.15. The molecule has 1 aromatic carbocycles. The molecule has 0 spiro atoms.